The lowest BCUT2D eigenvalue weighted by Crippen LogP contribution is -1.74. The van der Waals surface area contributed by atoms with Crippen molar-refractivity contribution < 1.29 is 0 Å². The first-order valence-electron chi connectivity index (χ1n) is 4.25. The molecule has 0 bridgehead atoms. The third-order valence-corrected chi connectivity index (χ3v) is 4.15. The number of hydrogen-bond donors (Lipinski definition) is 0. The molecule has 0 atom stereocenters. The summed E-state index contributed by atoms with van der Waals surface area (Å²) in [4.78, 5) is 2.67. The zero-order valence-corrected chi connectivity index (χ0v) is 9.83. The molecule has 0 saturated carbocycles. The molecule has 2 aromatic rings. The van der Waals surface area contributed by atoms with Crippen LogP contribution in [-0.4, -0.2) is 0 Å². The van der Waals surface area contributed by atoms with Crippen molar-refractivity contribution in [2.45, 2.75) is 10.6 Å². The molecule has 0 N–H and O–H groups in total. The van der Waals surface area contributed by atoms with E-state index in [9.17, 15) is 0 Å². The monoisotopic (exact) mass is 240 g/mol. The van der Waals surface area contributed by atoms with Gasteiger partial charge in [-0.25, -0.2) is 0 Å². The van der Waals surface area contributed by atoms with Gasteiger partial charge in [-0.3, -0.25) is 0 Å². The molecule has 1 aromatic heterocycles. The van der Waals surface area contributed by atoms with Gasteiger partial charge in [-0.2, -0.15) is 0 Å². The van der Waals surface area contributed by atoms with E-state index in [1.165, 1.54) is 9.77 Å². The van der Waals surface area contributed by atoms with Gasteiger partial charge in [0.05, 0.1) is 0 Å². The summed E-state index contributed by atoms with van der Waals surface area (Å²) in [6, 6.07) is 12.2. The Morgan fingerprint density at radius 1 is 1.14 bits per heavy atom. The molecule has 0 fully saturated rings. The summed E-state index contributed by atoms with van der Waals surface area (Å²) in [6.07, 6.45) is 0. The molecule has 0 spiro atoms. The van der Waals surface area contributed by atoms with Gasteiger partial charge in [-0.1, -0.05) is 17.7 Å². The van der Waals surface area contributed by atoms with Crippen LogP contribution in [0, 0.1) is 0 Å². The number of hydrogen-bond acceptors (Lipinski definition) is 2. The van der Waals surface area contributed by atoms with Crippen LogP contribution in [0.25, 0.3) is 0 Å². The van der Waals surface area contributed by atoms with E-state index in [0.717, 1.165) is 10.8 Å². The number of rotatable bonds is 3. The molecular formula is C11H9ClS2. The molecule has 14 heavy (non-hydrogen) atoms. The first-order valence-corrected chi connectivity index (χ1v) is 6.50. The highest BCUT2D eigenvalue weighted by atomic mass is 35.5. The van der Waals surface area contributed by atoms with Gasteiger partial charge >= 0.3 is 0 Å². The summed E-state index contributed by atoms with van der Waals surface area (Å²) in [5.41, 5.74) is 0. The van der Waals surface area contributed by atoms with Gasteiger partial charge in [0.25, 0.3) is 0 Å². The second-order valence-electron chi connectivity index (χ2n) is 2.82. The maximum atomic E-state index is 5.80. The highest BCUT2D eigenvalue weighted by Gasteiger charge is 1.96. The normalized spacial score (nSPS) is 10.4. The Kier molecular flexibility index (Phi) is 3.51. The van der Waals surface area contributed by atoms with Crippen LogP contribution < -0.4 is 0 Å². The highest BCUT2D eigenvalue weighted by Crippen LogP contribution is 2.25. The molecule has 0 aliphatic carbocycles. The lowest BCUT2D eigenvalue weighted by Gasteiger charge is -1.99. The third-order valence-electron chi connectivity index (χ3n) is 1.77. The molecule has 0 unspecified atom stereocenters. The van der Waals surface area contributed by atoms with Crippen LogP contribution in [0.3, 0.4) is 0 Å². The Labute approximate surface area is 96.9 Å². The molecule has 0 saturated heterocycles. The van der Waals surface area contributed by atoms with Crippen molar-refractivity contribution in [2.24, 2.45) is 0 Å². The van der Waals surface area contributed by atoms with E-state index in [-0.39, 0.29) is 0 Å². The number of halogens is 1. The van der Waals surface area contributed by atoms with Crippen LogP contribution in [-0.2, 0) is 5.75 Å². The average Bonchev–Trinajstić information content (AvgIpc) is 2.70. The fraction of sp³-hybridized carbons (Fsp3) is 0.0909. The Hall–Kier alpha value is -0.440. The quantitative estimate of drug-likeness (QED) is 0.702. The Bertz CT molecular complexity index is 378. The largest absolute Gasteiger partial charge is 0.148 e. The third kappa shape index (κ3) is 2.77. The lowest BCUT2D eigenvalue weighted by molar-refractivity contribution is 1.43. The van der Waals surface area contributed by atoms with Gasteiger partial charge in [0, 0.05) is 20.5 Å². The van der Waals surface area contributed by atoms with Crippen molar-refractivity contribution in [3.63, 3.8) is 0 Å². The van der Waals surface area contributed by atoms with E-state index in [4.69, 9.17) is 11.6 Å². The van der Waals surface area contributed by atoms with Gasteiger partial charge in [0.1, 0.15) is 0 Å². The molecule has 0 nitrogen and oxygen atoms in total. The molecule has 0 aliphatic heterocycles. The van der Waals surface area contributed by atoms with E-state index >= 15 is 0 Å². The zero-order chi connectivity index (χ0) is 9.80. The summed E-state index contributed by atoms with van der Waals surface area (Å²) >= 11 is 9.44. The van der Waals surface area contributed by atoms with Crippen LogP contribution in [0.15, 0.2) is 46.7 Å². The first kappa shape index (κ1) is 10.1. The van der Waals surface area contributed by atoms with Crippen LogP contribution in [0.4, 0.5) is 0 Å². The van der Waals surface area contributed by atoms with E-state index in [0.29, 0.717) is 0 Å². The van der Waals surface area contributed by atoms with E-state index in [1.54, 1.807) is 11.3 Å². The van der Waals surface area contributed by atoms with Crippen molar-refractivity contribution in [3.05, 3.63) is 51.7 Å². The predicted octanol–water partition coefficient (Wildman–Crippen LogP) is 4.69. The molecule has 0 radical (unpaired) electrons. The van der Waals surface area contributed by atoms with Crippen molar-refractivity contribution in [2.75, 3.05) is 0 Å². The summed E-state index contributed by atoms with van der Waals surface area (Å²) in [6.45, 7) is 0. The maximum Gasteiger partial charge on any atom is 0.0406 e. The van der Waals surface area contributed by atoms with Gasteiger partial charge in [-0.15, -0.1) is 23.1 Å². The second kappa shape index (κ2) is 4.87. The number of thioether (sulfide) groups is 1. The smallest absolute Gasteiger partial charge is 0.0406 e. The Morgan fingerprint density at radius 2 is 1.93 bits per heavy atom. The molecular weight excluding hydrogens is 232 g/mol. The van der Waals surface area contributed by atoms with Crippen molar-refractivity contribution in [1.29, 1.82) is 0 Å². The summed E-state index contributed by atoms with van der Waals surface area (Å²) < 4.78 is 0. The minimum absolute atomic E-state index is 0.797. The SMILES string of the molecule is Clc1ccc(SCc2cccs2)cc1. The van der Waals surface area contributed by atoms with Gasteiger partial charge in [-0.05, 0) is 35.7 Å². The fourth-order valence-corrected chi connectivity index (χ4v) is 2.88. The molecule has 1 aromatic carbocycles. The summed E-state index contributed by atoms with van der Waals surface area (Å²) in [5, 5.41) is 2.91. The number of benzene rings is 1. The van der Waals surface area contributed by atoms with Crippen molar-refractivity contribution >= 4 is 34.7 Å². The standard InChI is InChI=1S/C11H9ClS2/c12-9-3-5-10(6-4-9)14-8-11-2-1-7-13-11/h1-7H,8H2. The molecule has 0 aliphatic rings. The number of thiophene rings is 1. The lowest BCUT2D eigenvalue weighted by atomic mass is 10.4. The first-order chi connectivity index (χ1) is 6.84. The fourth-order valence-electron chi connectivity index (χ4n) is 1.08. The Balaban J connectivity index is 1.95. The Morgan fingerprint density at radius 3 is 2.57 bits per heavy atom. The molecule has 1 heterocycles. The molecule has 2 rings (SSSR count). The summed E-state index contributed by atoms with van der Waals surface area (Å²) in [7, 11) is 0. The van der Waals surface area contributed by atoms with Crippen molar-refractivity contribution in [1.82, 2.24) is 0 Å². The van der Waals surface area contributed by atoms with Crippen LogP contribution in [0.2, 0.25) is 5.02 Å². The second-order valence-corrected chi connectivity index (χ2v) is 5.34. The topological polar surface area (TPSA) is 0 Å². The molecule has 72 valence electrons. The average molecular weight is 241 g/mol. The maximum absolute atomic E-state index is 5.80. The van der Waals surface area contributed by atoms with E-state index in [2.05, 4.69) is 29.6 Å². The minimum Gasteiger partial charge on any atom is -0.148 e. The van der Waals surface area contributed by atoms with Gasteiger partial charge in [0.2, 0.25) is 0 Å². The zero-order valence-electron chi connectivity index (χ0n) is 7.44. The van der Waals surface area contributed by atoms with E-state index in [1.807, 2.05) is 23.9 Å². The van der Waals surface area contributed by atoms with E-state index < -0.39 is 0 Å². The molecule has 0 amide bonds. The summed E-state index contributed by atoms with van der Waals surface area (Å²) in [5.74, 6) is 1.04. The van der Waals surface area contributed by atoms with Crippen LogP contribution >= 0.6 is 34.7 Å². The van der Waals surface area contributed by atoms with Gasteiger partial charge < -0.3 is 0 Å². The predicted molar refractivity (Wildman–Crippen MR) is 65.3 cm³/mol. The minimum atomic E-state index is 0.797. The van der Waals surface area contributed by atoms with Crippen LogP contribution in [0.1, 0.15) is 4.88 Å². The molecule has 3 heteroatoms. The van der Waals surface area contributed by atoms with Crippen LogP contribution in [0.5, 0.6) is 0 Å². The van der Waals surface area contributed by atoms with Gasteiger partial charge in [0.15, 0.2) is 0 Å². The highest BCUT2D eigenvalue weighted by molar-refractivity contribution is 7.98. The van der Waals surface area contributed by atoms with Crippen molar-refractivity contribution in [3.8, 4) is 0 Å².